The molecule has 1 aliphatic heterocycles. The van der Waals surface area contributed by atoms with Gasteiger partial charge in [-0.25, -0.2) is 0 Å². The number of carbonyl (C=O) groups is 1. The van der Waals surface area contributed by atoms with Crippen molar-refractivity contribution >= 4 is 34.5 Å². The Labute approximate surface area is 155 Å². The zero-order chi connectivity index (χ0) is 17.4. The highest BCUT2D eigenvalue weighted by molar-refractivity contribution is 7.09. The third kappa shape index (κ3) is 2.90. The van der Waals surface area contributed by atoms with Gasteiger partial charge < -0.3 is 10.2 Å². The molecule has 1 aliphatic rings. The molecule has 126 valence electrons. The zero-order valence-corrected chi connectivity index (χ0v) is 15.1. The van der Waals surface area contributed by atoms with Crippen LogP contribution in [0.15, 0.2) is 54.0 Å². The predicted octanol–water partition coefficient (Wildman–Crippen LogP) is 4.87. The molecule has 1 N–H and O–H groups in total. The number of nitrogens with one attached hydrogen (secondary N) is 1. The molecule has 3 aromatic rings. The second-order valence-electron chi connectivity index (χ2n) is 5.91. The topological polar surface area (TPSA) is 45.2 Å². The van der Waals surface area contributed by atoms with E-state index >= 15 is 0 Å². The maximum Gasteiger partial charge on any atom is 0.258 e. The summed E-state index contributed by atoms with van der Waals surface area (Å²) in [5, 5.41) is 6.18. The minimum atomic E-state index is -0.317. The minimum absolute atomic E-state index is 0.00585. The maximum absolute atomic E-state index is 12.9. The molecule has 0 saturated carbocycles. The van der Waals surface area contributed by atoms with Gasteiger partial charge >= 0.3 is 0 Å². The fraction of sp³-hybridized carbons (Fsp3) is 0.158. The lowest BCUT2D eigenvalue weighted by Gasteiger charge is -2.27. The van der Waals surface area contributed by atoms with Crippen LogP contribution in [0.5, 0.6) is 0 Å². The molecule has 1 atom stereocenters. The Morgan fingerprint density at radius 3 is 2.92 bits per heavy atom. The smallest absolute Gasteiger partial charge is 0.258 e. The van der Waals surface area contributed by atoms with E-state index in [1.165, 1.54) is 0 Å². The van der Waals surface area contributed by atoms with Gasteiger partial charge in [0.1, 0.15) is 6.17 Å². The quantitative estimate of drug-likeness (QED) is 0.713. The molecule has 0 aliphatic carbocycles. The second kappa shape index (κ2) is 6.50. The molecular weight excluding hydrogens is 354 g/mol. The number of fused-ring (bicyclic) bond motifs is 1. The van der Waals surface area contributed by atoms with Gasteiger partial charge in [-0.2, -0.15) is 0 Å². The van der Waals surface area contributed by atoms with E-state index in [1.54, 1.807) is 23.6 Å². The van der Waals surface area contributed by atoms with Crippen molar-refractivity contribution in [3.63, 3.8) is 0 Å². The summed E-state index contributed by atoms with van der Waals surface area (Å²) in [5.74, 6) is -0.00585. The molecule has 1 amide bonds. The van der Waals surface area contributed by atoms with Gasteiger partial charge in [-0.3, -0.25) is 9.78 Å². The summed E-state index contributed by atoms with van der Waals surface area (Å²) in [7, 11) is 0. The minimum Gasteiger partial charge on any atom is -0.360 e. The lowest BCUT2D eigenvalue weighted by atomic mass is 10.1. The van der Waals surface area contributed by atoms with Crippen molar-refractivity contribution in [3.8, 4) is 0 Å². The van der Waals surface area contributed by atoms with Crippen LogP contribution in [-0.4, -0.2) is 15.8 Å². The molecule has 2 aromatic heterocycles. The second-order valence-corrected chi connectivity index (χ2v) is 7.35. The Hall–Kier alpha value is -2.37. The average molecular weight is 370 g/mol. The van der Waals surface area contributed by atoms with Gasteiger partial charge in [-0.15, -0.1) is 11.3 Å². The standard InChI is InChI=1S/C19H16ClN3OS/c1-12-15(20)7-2-8-16(12)22-18-17-14(6-3-9-21-17)19(24)23(18)11-13-5-4-10-25-13/h2-10,18,22H,11H2,1H3. The highest BCUT2D eigenvalue weighted by Gasteiger charge is 2.38. The van der Waals surface area contributed by atoms with Gasteiger partial charge in [0.25, 0.3) is 5.91 Å². The molecule has 0 fully saturated rings. The number of hydrogen-bond donors (Lipinski definition) is 1. The first-order valence-electron chi connectivity index (χ1n) is 7.95. The number of aromatic nitrogens is 1. The van der Waals surface area contributed by atoms with Crippen LogP contribution >= 0.6 is 22.9 Å². The van der Waals surface area contributed by atoms with Gasteiger partial charge in [0.15, 0.2) is 0 Å². The van der Waals surface area contributed by atoms with E-state index in [1.807, 2.05) is 53.6 Å². The molecule has 6 heteroatoms. The SMILES string of the molecule is Cc1c(Cl)cccc1NC1c2ncccc2C(=O)N1Cc1cccs1. The van der Waals surface area contributed by atoms with E-state index < -0.39 is 0 Å². The number of anilines is 1. The Bertz CT molecular complexity index is 926. The monoisotopic (exact) mass is 369 g/mol. The Kier molecular flexibility index (Phi) is 4.19. The van der Waals surface area contributed by atoms with E-state index in [0.29, 0.717) is 17.1 Å². The highest BCUT2D eigenvalue weighted by atomic mass is 35.5. The number of benzene rings is 1. The van der Waals surface area contributed by atoms with Crippen LogP contribution in [-0.2, 0) is 6.54 Å². The van der Waals surface area contributed by atoms with Crippen LogP contribution in [0.1, 0.15) is 32.7 Å². The molecule has 0 saturated heterocycles. The summed E-state index contributed by atoms with van der Waals surface area (Å²) in [6, 6.07) is 13.4. The van der Waals surface area contributed by atoms with E-state index in [-0.39, 0.29) is 12.1 Å². The van der Waals surface area contributed by atoms with Crippen molar-refractivity contribution in [1.29, 1.82) is 0 Å². The highest BCUT2D eigenvalue weighted by Crippen LogP contribution is 2.36. The average Bonchev–Trinajstić information content (AvgIpc) is 3.22. The van der Waals surface area contributed by atoms with Crippen molar-refractivity contribution < 1.29 is 4.79 Å². The van der Waals surface area contributed by atoms with E-state index in [0.717, 1.165) is 21.8 Å². The van der Waals surface area contributed by atoms with Gasteiger partial charge in [0, 0.05) is 21.8 Å². The molecule has 1 aromatic carbocycles. The summed E-state index contributed by atoms with van der Waals surface area (Å²) >= 11 is 7.89. The summed E-state index contributed by atoms with van der Waals surface area (Å²) < 4.78 is 0. The summed E-state index contributed by atoms with van der Waals surface area (Å²) in [6.45, 7) is 2.51. The molecule has 25 heavy (non-hydrogen) atoms. The molecule has 4 rings (SSSR count). The van der Waals surface area contributed by atoms with E-state index in [2.05, 4.69) is 10.3 Å². The van der Waals surface area contributed by atoms with Crippen LogP contribution in [0.25, 0.3) is 0 Å². The van der Waals surface area contributed by atoms with Gasteiger partial charge in [0.05, 0.1) is 17.8 Å². The normalized spacial score (nSPS) is 16.2. The predicted molar refractivity (Wildman–Crippen MR) is 101 cm³/mol. The maximum atomic E-state index is 12.9. The van der Waals surface area contributed by atoms with Gasteiger partial charge in [-0.1, -0.05) is 23.7 Å². The first kappa shape index (κ1) is 16.1. The first-order chi connectivity index (χ1) is 12.1. The van der Waals surface area contributed by atoms with Crippen molar-refractivity contribution in [3.05, 3.63) is 80.8 Å². The van der Waals surface area contributed by atoms with Crippen LogP contribution in [0.2, 0.25) is 5.02 Å². The Morgan fingerprint density at radius 2 is 2.12 bits per heavy atom. The van der Waals surface area contributed by atoms with Crippen molar-refractivity contribution in [1.82, 2.24) is 9.88 Å². The molecule has 4 nitrogen and oxygen atoms in total. The lowest BCUT2D eigenvalue weighted by Crippen LogP contribution is -2.32. The summed E-state index contributed by atoms with van der Waals surface area (Å²) in [5.41, 5.74) is 3.26. The van der Waals surface area contributed by atoms with E-state index in [9.17, 15) is 4.79 Å². The van der Waals surface area contributed by atoms with Crippen LogP contribution in [0.4, 0.5) is 5.69 Å². The number of rotatable bonds is 4. The fourth-order valence-electron chi connectivity index (χ4n) is 3.03. The fourth-order valence-corrected chi connectivity index (χ4v) is 3.90. The number of hydrogen-bond acceptors (Lipinski definition) is 4. The van der Waals surface area contributed by atoms with Crippen molar-refractivity contribution in [2.75, 3.05) is 5.32 Å². The molecular formula is C19H16ClN3OS. The molecule has 0 radical (unpaired) electrons. The molecule has 1 unspecified atom stereocenters. The molecule has 3 heterocycles. The van der Waals surface area contributed by atoms with Crippen molar-refractivity contribution in [2.24, 2.45) is 0 Å². The number of carbonyl (C=O) groups excluding carboxylic acids is 1. The van der Waals surface area contributed by atoms with Gasteiger partial charge in [0.2, 0.25) is 0 Å². The van der Waals surface area contributed by atoms with Crippen molar-refractivity contribution in [2.45, 2.75) is 19.6 Å². The zero-order valence-electron chi connectivity index (χ0n) is 13.6. The number of halogens is 1. The number of thiophene rings is 1. The summed E-state index contributed by atoms with van der Waals surface area (Å²) in [6.07, 6.45) is 1.41. The summed E-state index contributed by atoms with van der Waals surface area (Å²) in [4.78, 5) is 20.3. The Balaban J connectivity index is 1.73. The van der Waals surface area contributed by atoms with Gasteiger partial charge in [-0.05, 0) is 48.2 Å². The molecule has 0 bridgehead atoms. The first-order valence-corrected chi connectivity index (χ1v) is 9.21. The van der Waals surface area contributed by atoms with Crippen LogP contribution < -0.4 is 5.32 Å². The number of nitrogens with zero attached hydrogens (tertiary/aromatic N) is 2. The largest absolute Gasteiger partial charge is 0.360 e. The van der Waals surface area contributed by atoms with Crippen LogP contribution in [0, 0.1) is 6.92 Å². The number of pyridine rings is 1. The lowest BCUT2D eigenvalue weighted by molar-refractivity contribution is 0.0729. The third-order valence-electron chi connectivity index (χ3n) is 4.37. The third-order valence-corrected chi connectivity index (χ3v) is 5.64. The number of amides is 1. The Morgan fingerprint density at radius 1 is 1.24 bits per heavy atom. The van der Waals surface area contributed by atoms with E-state index in [4.69, 9.17) is 11.6 Å². The van der Waals surface area contributed by atoms with Crippen LogP contribution in [0.3, 0.4) is 0 Å². The molecule has 0 spiro atoms.